The van der Waals surface area contributed by atoms with Crippen LogP contribution in [0.15, 0.2) is 30.5 Å². The summed E-state index contributed by atoms with van der Waals surface area (Å²) >= 11 is 0. The molecule has 8 heteroatoms. The second-order valence-corrected chi connectivity index (χ2v) is 4.29. The van der Waals surface area contributed by atoms with Gasteiger partial charge in [0.2, 0.25) is 0 Å². The van der Waals surface area contributed by atoms with Crippen LogP contribution in [0.25, 0.3) is 0 Å². The number of esters is 1. The SMILES string of the molecule is CCOC(=O)Cn1cc(NC(=O)c2cccc(OC)c2)nn1. The zero-order valence-corrected chi connectivity index (χ0v) is 12.3. The van der Waals surface area contributed by atoms with Gasteiger partial charge in [0.05, 0.1) is 19.9 Å². The van der Waals surface area contributed by atoms with E-state index in [4.69, 9.17) is 9.47 Å². The molecule has 1 aromatic heterocycles. The maximum absolute atomic E-state index is 12.1. The van der Waals surface area contributed by atoms with E-state index in [0.29, 0.717) is 17.9 Å². The molecule has 0 spiro atoms. The van der Waals surface area contributed by atoms with Crippen LogP contribution < -0.4 is 10.1 Å². The Morgan fingerprint density at radius 3 is 2.91 bits per heavy atom. The molecule has 0 saturated heterocycles. The summed E-state index contributed by atoms with van der Waals surface area (Å²) in [5.74, 6) is 0.0656. The zero-order chi connectivity index (χ0) is 15.9. The molecule has 0 aliphatic heterocycles. The maximum atomic E-state index is 12.1. The molecule has 1 aromatic carbocycles. The van der Waals surface area contributed by atoms with Gasteiger partial charge in [0, 0.05) is 5.56 Å². The number of methoxy groups -OCH3 is 1. The Hall–Kier alpha value is -2.90. The Bertz CT molecular complexity index is 668. The van der Waals surface area contributed by atoms with Crippen molar-refractivity contribution in [1.29, 1.82) is 0 Å². The minimum atomic E-state index is -0.418. The lowest BCUT2D eigenvalue weighted by molar-refractivity contribution is -0.144. The molecule has 2 aromatic rings. The van der Waals surface area contributed by atoms with Crippen LogP contribution >= 0.6 is 0 Å². The van der Waals surface area contributed by atoms with E-state index in [-0.39, 0.29) is 18.3 Å². The van der Waals surface area contributed by atoms with Crippen molar-refractivity contribution in [2.75, 3.05) is 19.0 Å². The van der Waals surface area contributed by atoms with Crippen LogP contribution in [-0.2, 0) is 16.1 Å². The molecule has 22 heavy (non-hydrogen) atoms. The number of carbonyl (C=O) groups is 2. The molecule has 0 fully saturated rings. The van der Waals surface area contributed by atoms with Crippen molar-refractivity contribution in [1.82, 2.24) is 15.0 Å². The second-order valence-electron chi connectivity index (χ2n) is 4.29. The van der Waals surface area contributed by atoms with Gasteiger partial charge in [0.15, 0.2) is 5.82 Å². The standard InChI is InChI=1S/C14H16N4O4/c1-3-22-13(19)9-18-8-12(16-17-18)15-14(20)10-5-4-6-11(7-10)21-2/h4-8H,3,9H2,1-2H3,(H,15,20). The van der Waals surface area contributed by atoms with Crippen molar-refractivity contribution in [2.45, 2.75) is 13.5 Å². The summed E-state index contributed by atoms with van der Waals surface area (Å²) in [7, 11) is 1.53. The topological polar surface area (TPSA) is 95.3 Å². The number of nitrogens with one attached hydrogen (secondary N) is 1. The van der Waals surface area contributed by atoms with Crippen molar-refractivity contribution in [3.8, 4) is 5.75 Å². The number of nitrogens with zero attached hydrogens (tertiary/aromatic N) is 3. The van der Waals surface area contributed by atoms with Gasteiger partial charge in [-0.2, -0.15) is 0 Å². The number of carbonyl (C=O) groups excluding carboxylic acids is 2. The minimum Gasteiger partial charge on any atom is -0.497 e. The van der Waals surface area contributed by atoms with E-state index in [1.54, 1.807) is 31.2 Å². The molecule has 0 unspecified atom stereocenters. The Labute approximate surface area is 127 Å². The van der Waals surface area contributed by atoms with Gasteiger partial charge in [-0.3, -0.25) is 9.59 Å². The van der Waals surface area contributed by atoms with Crippen molar-refractivity contribution in [2.24, 2.45) is 0 Å². The van der Waals surface area contributed by atoms with Crippen LogP contribution in [0.5, 0.6) is 5.75 Å². The third-order valence-corrected chi connectivity index (χ3v) is 2.71. The second kappa shape index (κ2) is 7.21. The fraction of sp³-hybridized carbons (Fsp3) is 0.286. The Morgan fingerprint density at radius 2 is 2.18 bits per heavy atom. The predicted octanol–water partition coefficient (Wildman–Crippen LogP) is 1.10. The highest BCUT2D eigenvalue weighted by molar-refractivity contribution is 6.03. The lowest BCUT2D eigenvalue weighted by atomic mass is 10.2. The first kappa shape index (κ1) is 15.5. The summed E-state index contributed by atoms with van der Waals surface area (Å²) in [4.78, 5) is 23.4. The van der Waals surface area contributed by atoms with Gasteiger partial charge in [-0.15, -0.1) is 5.10 Å². The first-order valence-corrected chi connectivity index (χ1v) is 6.63. The number of hydrogen-bond acceptors (Lipinski definition) is 6. The average molecular weight is 304 g/mol. The molecular formula is C14H16N4O4. The fourth-order valence-corrected chi connectivity index (χ4v) is 1.72. The molecule has 1 heterocycles. The fourth-order valence-electron chi connectivity index (χ4n) is 1.72. The highest BCUT2D eigenvalue weighted by Crippen LogP contribution is 2.13. The molecule has 0 bridgehead atoms. The summed E-state index contributed by atoms with van der Waals surface area (Å²) in [6.45, 7) is 1.96. The Balaban J connectivity index is 2.00. The summed E-state index contributed by atoms with van der Waals surface area (Å²) < 4.78 is 11.2. The molecule has 0 aliphatic rings. The summed E-state index contributed by atoms with van der Waals surface area (Å²) in [5, 5.41) is 10.1. The van der Waals surface area contributed by atoms with Gasteiger partial charge in [-0.05, 0) is 25.1 Å². The van der Waals surface area contributed by atoms with Crippen LogP contribution in [0.3, 0.4) is 0 Å². The van der Waals surface area contributed by atoms with E-state index in [2.05, 4.69) is 15.6 Å². The normalized spacial score (nSPS) is 10.1. The van der Waals surface area contributed by atoms with E-state index >= 15 is 0 Å². The molecule has 1 amide bonds. The number of hydrogen-bond donors (Lipinski definition) is 1. The molecule has 0 radical (unpaired) electrons. The number of anilines is 1. The molecule has 1 N–H and O–H groups in total. The maximum Gasteiger partial charge on any atom is 0.327 e. The first-order chi connectivity index (χ1) is 10.6. The van der Waals surface area contributed by atoms with E-state index in [1.165, 1.54) is 18.0 Å². The Kier molecular flexibility index (Phi) is 5.07. The molecule has 8 nitrogen and oxygen atoms in total. The van der Waals surface area contributed by atoms with Gasteiger partial charge in [-0.25, -0.2) is 4.68 Å². The van der Waals surface area contributed by atoms with Crippen LogP contribution in [-0.4, -0.2) is 40.6 Å². The van der Waals surface area contributed by atoms with Gasteiger partial charge < -0.3 is 14.8 Å². The van der Waals surface area contributed by atoms with Crippen LogP contribution in [0.2, 0.25) is 0 Å². The van der Waals surface area contributed by atoms with Crippen molar-refractivity contribution < 1.29 is 19.1 Å². The van der Waals surface area contributed by atoms with Crippen molar-refractivity contribution >= 4 is 17.7 Å². The Morgan fingerprint density at radius 1 is 1.36 bits per heavy atom. The smallest absolute Gasteiger partial charge is 0.327 e. The number of ether oxygens (including phenoxy) is 2. The zero-order valence-electron chi connectivity index (χ0n) is 12.3. The predicted molar refractivity (Wildman–Crippen MR) is 77.6 cm³/mol. The molecule has 116 valence electrons. The number of benzene rings is 1. The van der Waals surface area contributed by atoms with Crippen LogP contribution in [0.1, 0.15) is 17.3 Å². The minimum absolute atomic E-state index is 0.0597. The molecule has 2 rings (SSSR count). The number of rotatable bonds is 6. The first-order valence-electron chi connectivity index (χ1n) is 6.63. The monoisotopic (exact) mass is 304 g/mol. The lowest BCUT2D eigenvalue weighted by Gasteiger charge is -2.04. The van der Waals surface area contributed by atoms with Crippen molar-refractivity contribution in [3.05, 3.63) is 36.0 Å². The summed E-state index contributed by atoms with van der Waals surface area (Å²) in [6.07, 6.45) is 1.45. The van der Waals surface area contributed by atoms with E-state index in [0.717, 1.165) is 0 Å². The van der Waals surface area contributed by atoms with E-state index < -0.39 is 5.97 Å². The van der Waals surface area contributed by atoms with Gasteiger partial charge in [0.1, 0.15) is 12.3 Å². The van der Waals surface area contributed by atoms with Crippen LogP contribution in [0.4, 0.5) is 5.82 Å². The third-order valence-electron chi connectivity index (χ3n) is 2.71. The third kappa shape index (κ3) is 4.05. The highest BCUT2D eigenvalue weighted by Gasteiger charge is 2.11. The summed E-state index contributed by atoms with van der Waals surface area (Å²) in [6, 6.07) is 6.72. The molecule has 0 aliphatic carbocycles. The van der Waals surface area contributed by atoms with Gasteiger partial charge in [0.25, 0.3) is 5.91 Å². The van der Waals surface area contributed by atoms with E-state index in [1.807, 2.05) is 0 Å². The van der Waals surface area contributed by atoms with Gasteiger partial charge in [-0.1, -0.05) is 11.3 Å². The molecular weight excluding hydrogens is 288 g/mol. The quantitative estimate of drug-likeness (QED) is 0.803. The van der Waals surface area contributed by atoms with E-state index in [9.17, 15) is 9.59 Å². The lowest BCUT2D eigenvalue weighted by Crippen LogP contribution is -2.14. The average Bonchev–Trinajstić information content (AvgIpc) is 2.94. The largest absolute Gasteiger partial charge is 0.497 e. The number of aromatic nitrogens is 3. The molecule has 0 atom stereocenters. The highest BCUT2D eigenvalue weighted by atomic mass is 16.5. The molecule has 0 saturated carbocycles. The van der Waals surface area contributed by atoms with Crippen molar-refractivity contribution in [3.63, 3.8) is 0 Å². The summed E-state index contributed by atoms with van der Waals surface area (Å²) in [5.41, 5.74) is 0.430. The van der Waals surface area contributed by atoms with Gasteiger partial charge >= 0.3 is 5.97 Å². The number of amides is 1. The van der Waals surface area contributed by atoms with Crippen LogP contribution in [0, 0.1) is 0 Å².